The molecule has 1 aromatic carbocycles. The number of rotatable bonds is 5. The number of amides is 1. The van der Waals surface area contributed by atoms with Gasteiger partial charge in [-0.2, -0.15) is 0 Å². The summed E-state index contributed by atoms with van der Waals surface area (Å²) in [5, 5.41) is 3.45. The Hall–Kier alpha value is -1.22. The number of carbonyl (C=O) groups excluding carboxylic acids is 1. The molecule has 0 aliphatic heterocycles. The minimum Gasteiger partial charge on any atom is -0.443 e. The molecule has 0 atom stereocenters. The van der Waals surface area contributed by atoms with Crippen molar-refractivity contribution in [3.05, 3.63) is 29.3 Å². The van der Waals surface area contributed by atoms with Gasteiger partial charge in [-0.05, 0) is 62.8 Å². The van der Waals surface area contributed by atoms with Crippen LogP contribution in [0.1, 0.15) is 58.3 Å². The number of anilines is 1. The second kappa shape index (κ2) is 7.69. The summed E-state index contributed by atoms with van der Waals surface area (Å²) in [5.74, 6) is 0. The molecule has 21 heavy (non-hydrogen) atoms. The third-order valence-electron chi connectivity index (χ3n) is 4.15. The van der Waals surface area contributed by atoms with E-state index in [1.54, 1.807) is 24.3 Å². The van der Waals surface area contributed by atoms with Crippen molar-refractivity contribution >= 4 is 23.4 Å². The van der Waals surface area contributed by atoms with Gasteiger partial charge in [0.2, 0.25) is 0 Å². The Bertz CT molecular complexity index is 452. The summed E-state index contributed by atoms with van der Waals surface area (Å²) in [6, 6.07) is 7.07. The number of benzene rings is 1. The molecule has 3 nitrogen and oxygen atoms in total. The number of ether oxygens (including phenoxy) is 1. The number of nitrogens with one attached hydrogen (secondary N) is 1. The van der Waals surface area contributed by atoms with Crippen LogP contribution in [-0.2, 0) is 4.74 Å². The molecule has 1 fully saturated rings. The molecule has 4 heteroatoms. The molecule has 0 spiro atoms. The van der Waals surface area contributed by atoms with E-state index < -0.39 is 0 Å². The van der Waals surface area contributed by atoms with Crippen LogP contribution in [0.3, 0.4) is 0 Å². The molecular formula is C17H24ClNO2. The predicted molar refractivity (Wildman–Crippen MR) is 86.9 cm³/mol. The third kappa shape index (κ3) is 4.92. The zero-order chi connectivity index (χ0) is 15.1. The highest BCUT2D eigenvalue weighted by molar-refractivity contribution is 6.30. The molecule has 2 rings (SSSR count). The Labute approximate surface area is 132 Å². The van der Waals surface area contributed by atoms with Crippen molar-refractivity contribution < 1.29 is 9.53 Å². The fourth-order valence-electron chi connectivity index (χ4n) is 2.97. The van der Waals surface area contributed by atoms with Crippen LogP contribution in [0, 0.1) is 0 Å². The van der Waals surface area contributed by atoms with Crippen molar-refractivity contribution in [2.45, 2.75) is 63.9 Å². The molecule has 1 amide bonds. The van der Waals surface area contributed by atoms with Crippen LogP contribution < -0.4 is 5.32 Å². The van der Waals surface area contributed by atoms with Crippen LogP contribution in [0.15, 0.2) is 24.3 Å². The Morgan fingerprint density at radius 3 is 2.52 bits per heavy atom. The normalized spacial score (nSPS) is 17.2. The SMILES string of the molecule is CCCCC1(OC(=O)Nc2ccc(Cl)cc2)CCCCC1. The van der Waals surface area contributed by atoms with E-state index in [1.807, 2.05) is 0 Å². The average molecular weight is 310 g/mol. The fraction of sp³-hybridized carbons (Fsp3) is 0.588. The number of halogens is 1. The maximum absolute atomic E-state index is 12.2. The van der Waals surface area contributed by atoms with Gasteiger partial charge >= 0.3 is 6.09 Å². The summed E-state index contributed by atoms with van der Waals surface area (Å²) in [6.45, 7) is 2.17. The van der Waals surface area contributed by atoms with Gasteiger partial charge in [-0.3, -0.25) is 5.32 Å². The van der Waals surface area contributed by atoms with E-state index in [2.05, 4.69) is 12.2 Å². The van der Waals surface area contributed by atoms with Gasteiger partial charge in [0.15, 0.2) is 0 Å². The van der Waals surface area contributed by atoms with Crippen LogP contribution >= 0.6 is 11.6 Å². The minimum atomic E-state index is -0.352. The quantitative estimate of drug-likeness (QED) is 0.748. The van der Waals surface area contributed by atoms with Crippen molar-refractivity contribution in [3.8, 4) is 0 Å². The van der Waals surface area contributed by atoms with Crippen molar-refractivity contribution in [3.63, 3.8) is 0 Å². The first-order valence-electron chi connectivity index (χ1n) is 7.89. The van der Waals surface area contributed by atoms with Crippen LogP contribution in [0.4, 0.5) is 10.5 Å². The highest BCUT2D eigenvalue weighted by atomic mass is 35.5. The van der Waals surface area contributed by atoms with E-state index >= 15 is 0 Å². The lowest BCUT2D eigenvalue weighted by molar-refractivity contribution is -0.0175. The maximum atomic E-state index is 12.2. The smallest absolute Gasteiger partial charge is 0.412 e. The summed E-state index contributed by atoms with van der Waals surface area (Å²) in [5.41, 5.74) is 0.455. The molecule has 1 aliphatic rings. The van der Waals surface area contributed by atoms with Crippen LogP contribution in [0.5, 0.6) is 0 Å². The lowest BCUT2D eigenvalue weighted by atomic mass is 9.81. The van der Waals surface area contributed by atoms with Gasteiger partial charge in [0.25, 0.3) is 0 Å². The highest BCUT2D eigenvalue weighted by Gasteiger charge is 2.35. The van der Waals surface area contributed by atoms with E-state index in [1.165, 1.54) is 6.42 Å². The van der Waals surface area contributed by atoms with Crippen molar-refractivity contribution in [1.82, 2.24) is 0 Å². The van der Waals surface area contributed by atoms with Crippen LogP contribution in [-0.4, -0.2) is 11.7 Å². The standard InChI is InChI=1S/C17H24ClNO2/c1-2-3-11-17(12-5-4-6-13-17)21-16(20)19-15-9-7-14(18)8-10-15/h7-10H,2-6,11-13H2,1H3,(H,19,20). The van der Waals surface area contributed by atoms with E-state index in [9.17, 15) is 4.79 Å². The van der Waals surface area contributed by atoms with E-state index in [0.29, 0.717) is 10.7 Å². The fourth-order valence-corrected chi connectivity index (χ4v) is 3.10. The molecule has 0 radical (unpaired) electrons. The number of unbranched alkanes of at least 4 members (excludes halogenated alkanes) is 1. The molecule has 1 aromatic rings. The zero-order valence-corrected chi connectivity index (χ0v) is 13.4. The van der Waals surface area contributed by atoms with Gasteiger partial charge in [0, 0.05) is 10.7 Å². The second-order valence-electron chi connectivity index (χ2n) is 5.87. The molecule has 0 heterocycles. The summed E-state index contributed by atoms with van der Waals surface area (Å²) in [4.78, 5) is 12.2. The molecule has 1 saturated carbocycles. The molecular weight excluding hydrogens is 286 g/mol. The van der Waals surface area contributed by atoms with Gasteiger partial charge in [-0.1, -0.05) is 31.4 Å². The van der Waals surface area contributed by atoms with E-state index in [0.717, 1.165) is 44.9 Å². The van der Waals surface area contributed by atoms with Gasteiger partial charge in [-0.25, -0.2) is 4.79 Å². The molecule has 0 unspecified atom stereocenters. The molecule has 0 bridgehead atoms. The average Bonchev–Trinajstić information content (AvgIpc) is 2.48. The number of carbonyl (C=O) groups is 1. The van der Waals surface area contributed by atoms with Crippen molar-refractivity contribution in [2.75, 3.05) is 5.32 Å². The first-order chi connectivity index (χ1) is 10.1. The van der Waals surface area contributed by atoms with Gasteiger partial charge in [0.1, 0.15) is 5.60 Å². The van der Waals surface area contributed by atoms with Crippen LogP contribution in [0.2, 0.25) is 5.02 Å². The van der Waals surface area contributed by atoms with E-state index in [4.69, 9.17) is 16.3 Å². The highest BCUT2D eigenvalue weighted by Crippen LogP contribution is 2.36. The molecule has 0 aromatic heterocycles. The summed E-state index contributed by atoms with van der Waals surface area (Å²) in [6.07, 6.45) is 8.37. The second-order valence-corrected chi connectivity index (χ2v) is 6.31. The molecule has 1 N–H and O–H groups in total. The lowest BCUT2D eigenvalue weighted by Gasteiger charge is -2.36. The van der Waals surface area contributed by atoms with Gasteiger partial charge in [-0.15, -0.1) is 0 Å². The van der Waals surface area contributed by atoms with Crippen molar-refractivity contribution in [2.24, 2.45) is 0 Å². The van der Waals surface area contributed by atoms with Gasteiger partial charge in [0.05, 0.1) is 0 Å². The number of hydrogen-bond acceptors (Lipinski definition) is 2. The zero-order valence-electron chi connectivity index (χ0n) is 12.7. The Kier molecular flexibility index (Phi) is 5.92. The van der Waals surface area contributed by atoms with Crippen LogP contribution in [0.25, 0.3) is 0 Å². The maximum Gasteiger partial charge on any atom is 0.412 e. The number of hydrogen-bond donors (Lipinski definition) is 1. The Morgan fingerprint density at radius 1 is 1.24 bits per heavy atom. The first kappa shape index (κ1) is 16.2. The summed E-state index contributed by atoms with van der Waals surface area (Å²) < 4.78 is 5.83. The Morgan fingerprint density at radius 2 is 1.90 bits per heavy atom. The lowest BCUT2D eigenvalue weighted by Crippen LogP contribution is -2.38. The monoisotopic (exact) mass is 309 g/mol. The summed E-state index contributed by atoms with van der Waals surface area (Å²) >= 11 is 5.84. The predicted octanol–water partition coefficient (Wildman–Crippen LogP) is 5.78. The summed E-state index contributed by atoms with van der Waals surface area (Å²) in [7, 11) is 0. The molecule has 1 aliphatic carbocycles. The van der Waals surface area contributed by atoms with Gasteiger partial charge < -0.3 is 4.74 Å². The molecule has 116 valence electrons. The topological polar surface area (TPSA) is 38.3 Å². The molecule has 0 saturated heterocycles. The van der Waals surface area contributed by atoms with Crippen molar-refractivity contribution in [1.29, 1.82) is 0 Å². The minimum absolute atomic E-state index is 0.259. The van der Waals surface area contributed by atoms with E-state index in [-0.39, 0.29) is 11.7 Å². The largest absolute Gasteiger partial charge is 0.443 e. The third-order valence-corrected chi connectivity index (χ3v) is 4.40. The first-order valence-corrected chi connectivity index (χ1v) is 8.27. The Balaban J connectivity index is 1.95.